The van der Waals surface area contributed by atoms with E-state index in [9.17, 15) is 0 Å². The second kappa shape index (κ2) is 5.43. The van der Waals surface area contributed by atoms with Crippen LogP contribution in [0.1, 0.15) is 20.8 Å². The third kappa shape index (κ3) is 8.41. The molecule has 4 heteroatoms. The summed E-state index contributed by atoms with van der Waals surface area (Å²) in [4.78, 5) is 0. The molecular weight excluding hydrogens is 220 g/mol. The molecule has 0 aliphatic rings. The van der Waals surface area contributed by atoms with E-state index in [1.54, 1.807) is 13.2 Å². The minimum atomic E-state index is -1.69. The van der Waals surface area contributed by atoms with Crippen molar-refractivity contribution < 1.29 is 13.9 Å². The summed E-state index contributed by atoms with van der Waals surface area (Å²) >= 11 is 0. The average molecular weight is 244 g/mol. The summed E-state index contributed by atoms with van der Waals surface area (Å²) in [6.07, 6.45) is 1.68. The lowest BCUT2D eigenvalue weighted by molar-refractivity contribution is -0.00903. The van der Waals surface area contributed by atoms with Crippen molar-refractivity contribution in [2.24, 2.45) is 0 Å². The molecule has 0 amide bonds. The SMILES string of the molecule is C=C(/C=C(/OC(C)(C)C)O[Si](C)(C)C)OC. The summed E-state index contributed by atoms with van der Waals surface area (Å²) in [6.45, 7) is 16.0. The molecule has 0 aliphatic heterocycles. The second-order valence-corrected chi connectivity index (χ2v) is 9.99. The molecule has 0 spiro atoms. The Kier molecular flexibility index (Phi) is 5.13. The number of methoxy groups -OCH3 is 1. The Bertz CT molecular complexity index is 251. The van der Waals surface area contributed by atoms with Gasteiger partial charge in [0.2, 0.25) is 8.32 Å². The third-order valence-electron chi connectivity index (χ3n) is 1.35. The lowest BCUT2D eigenvalue weighted by Crippen LogP contribution is -2.29. The van der Waals surface area contributed by atoms with Gasteiger partial charge in [0.05, 0.1) is 13.2 Å². The van der Waals surface area contributed by atoms with Crippen molar-refractivity contribution in [2.75, 3.05) is 7.11 Å². The van der Waals surface area contributed by atoms with Crippen molar-refractivity contribution in [3.8, 4) is 0 Å². The lowest BCUT2D eigenvalue weighted by Gasteiger charge is -2.28. The van der Waals surface area contributed by atoms with Gasteiger partial charge in [-0.2, -0.15) is 0 Å². The van der Waals surface area contributed by atoms with Gasteiger partial charge in [0.1, 0.15) is 11.4 Å². The highest BCUT2D eigenvalue weighted by molar-refractivity contribution is 6.70. The summed E-state index contributed by atoms with van der Waals surface area (Å²) in [5, 5.41) is 0. The predicted octanol–water partition coefficient (Wildman–Crippen LogP) is 3.65. The summed E-state index contributed by atoms with van der Waals surface area (Å²) < 4.78 is 16.5. The molecule has 0 aliphatic carbocycles. The maximum Gasteiger partial charge on any atom is 0.269 e. The highest BCUT2D eigenvalue weighted by Gasteiger charge is 2.22. The number of allylic oxidation sites excluding steroid dienone is 1. The lowest BCUT2D eigenvalue weighted by atomic mass is 10.2. The van der Waals surface area contributed by atoms with Crippen molar-refractivity contribution in [1.82, 2.24) is 0 Å². The van der Waals surface area contributed by atoms with Crippen LogP contribution in [0, 0.1) is 0 Å². The molecular formula is C12H24O3Si. The molecule has 0 fully saturated rings. The van der Waals surface area contributed by atoms with Crippen molar-refractivity contribution in [1.29, 1.82) is 0 Å². The fourth-order valence-corrected chi connectivity index (χ4v) is 1.58. The molecule has 94 valence electrons. The van der Waals surface area contributed by atoms with E-state index in [0.717, 1.165) is 0 Å². The van der Waals surface area contributed by atoms with E-state index in [0.29, 0.717) is 11.7 Å². The van der Waals surface area contributed by atoms with Crippen molar-refractivity contribution in [2.45, 2.75) is 46.0 Å². The summed E-state index contributed by atoms with van der Waals surface area (Å²) in [5.74, 6) is 1.01. The molecule has 0 bridgehead atoms. The van der Waals surface area contributed by atoms with Crippen LogP contribution in [0.2, 0.25) is 19.6 Å². The Balaban J connectivity index is 4.78. The molecule has 0 atom stereocenters. The molecule has 0 aromatic carbocycles. The van der Waals surface area contributed by atoms with Gasteiger partial charge in [-0.05, 0) is 40.4 Å². The smallest absolute Gasteiger partial charge is 0.269 e. The summed E-state index contributed by atoms with van der Waals surface area (Å²) in [5.41, 5.74) is -0.292. The van der Waals surface area contributed by atoms with Crippen molar-refractivity contribution in [3.63, 3.8) is 0 Å². The van der Waals surface area contributed by atoms with Crippen molar-refractivity contribution in [3.05, 3.63) is 24.4 Å². The zero-order chi connectivity index (χ0) is 13.0. The number of ether oxygens (including phenoxy) is 2. The first-order valence-corrected chi connectivity index (χ1v) is 8.77. The normalized spacial score (nSPS) is 13.3. The molecule has 0 N–H and O–H groups in total. The molecule has 3 nitrogen and oxygen atoms in total. The van der Waals surface area contributed by atoms with Crippen LogP contribution in [-0.4, -0.2) is 21.0 Å². The number of hydrogen-bond acceptors (Lipinski definition) is 3. The van der Waals surface area contributed by atoms with Crippen LogP contribution in [0.5, 0.6) is 0 Å². The fraction of sp³-hybridized carbons (Fsp3) is 0.667. The van der Waals surface area contributed by atoms with Crippen LogP contribution in [0.4, 0.5) is 0 Å². The summed E-state index contributed by atoms with van der Waals surface area (Å²) in [6, 6.07) is 0. The Morgan fingerprint density at radius 2 is 1.69 bits per heavy atom. The molecule has 16 heavy (non-hydrogen) atoms. The number of rotatable bonds is 5. The Morgan fingerprint density at radius 3 is 2.00 bits per heavy atom. The van der Waals surface area contributed by atoms with Gasteiger partial charge in [-0.25, -0.2) is 0 Å². The molecule has 0 aromatic rings. The van der Waals surface area contributed by atoms with Crippen molar-refractivity contribution >= 4 is 8.32 Å². The molecule has 0 rings (SSSR count). The van der Waals surface area contributed by atoms with E-state index >= 15 is 0 Å². The quantitative estimate of drug-likeness (QED) is 0.420. The van der Waals surface area contributed by atoms with Crippen LogP contribution < -0.4 is 0 Å². The molecule has 0 saturated heterocycles. The van der Waals surface area contributed by atoms with Gasteiger partial charge in [-0.1, -0.05) is 6.58 Å². The van der Waals surface area contributed by atoms with Crippen LogP contribution in [-0.2, 0) is 13.9 Å². The highest BCUT2D eigenvalue weighted by Crippen LogP contribution is 2.20. The topological polar surface area (TPSA) is 27.7 Å². The molecule has 0 radical (unpaired) electrons. The minimum absolute atomic E-state index is 0.292. The first-order chi connectivity index (χ1) is 7.03. The first kappa shape index (κ1) is 15.1. The maximum atomic E-state index is 5.82. The van der Waals surface area contributed by atoms with Gasteiger partial charge in [0.25, 0.3) is 5.95 Å². The zero-order valence-corrected chi connectivity index (χ0v) is 12.5. The Labute approximate surface area is 100 Å². The van der Waals surface area contributed by atoms with E-state index in [4.69, 9.17) is 13.9 Å². The van der Waals surface area contributed by atoms with Crippen LogP contribution in [0.15, 0.2) is 24.4 Å². The molecule has 0 heterocycles. The van der Waals surface area contributed by atoms with E-state index in [2.05, 4.69) is 26.2 Å². The van der Waals surface area contributed by atoms with E-state index in [1.807, 2.05) is 20.8 Å². The second-order valence-electron chi connectivity index (χ2n) is 5.56. The minimum Gasteiger partial charge on any atom is -0.520 e. The number of hydrogen-bond donors (Lipinski definition) is 0. The van der Waals surface area contributed by atoms with Crippen LogP contribution in [0.3, 0.4) is 0 Å². The van der Waals surface area contributed by atoms with Gasteiger partial charge < -0.3 is 13.9 Å². The standard InChI is InChI=1S/C12H24O3Si/c1-10(13-5)9-11(14-12(2,3)4)15-16(6,7)8/h9H,1H2,2-8H3/b11-9-. The van der Waals surface area contributed by atoms with Gasteiger partial charge in [0.15, 0.2) is 0 Å². The van der Waals surface area contributed by atoms with E-state index in [-0.39, 0.29) is 5.60 Å². The third-order valence-corrected chi connectivity index (χ3v) is 2.17. The van der Waals surface area contributed by atoms with Gasteiger partial charge in [0, 0.05) is 0 Å². The van der Waals surface area contributed by atoms with E-state index in [1.165, 1.54) is 0 Å². The molecule has 0 aromatic heterocycles. The van der Waals surface area contributed by atoms with Crippen LogP contribution in [0.25, 0.3) is 0 Å². The molecule has 0 unspecified atom stereocenters. The Morgan fingerprint density at radius 1 is 1.19 bits per heavy atom. The zero-order valence-electron chi connectivity index (χ0n) is 11.5. The Hall–Kier alpha value is -0.903. The predicted molar refractivity (Wildman–Crippen MR) is 69.5 cm³/mol. The maximum absolute atomic E-state index is 5.82. The molecule has 0 saturated carbocycles. The highest BCUT2D eigenvalue weighted by atomic mass is 28.4. The van der Waals surface area contributed by atoms with E-state index < -0.39 is 8.32 Å². The average Bonchev–Trinajstić information content (AvgIpc) is 1.97. The largest absolute Gasteiger partial charge is 0.520 e. The van der Waals surface area contributed by atoms with Gasteiger partial charge in [-0.3, -0.25) is 0 Å². The fourth-order valence-electron chi connectivity index (χ4n) is 0.874. The summed E-state index contributed by atoms with van der Waals surface area (Å²) in [7, 11) is -0.118. The van der Waals surface area contributed by atoms with Crippen LogP contribution >= 0.6 is 0 Å². The monoisotopic (exact) mass is 244 g/mol. The van der Waals surface area contributed by atoms with Gasteiger partial charge >= 0.3 is 0 Å². The first-order valence-electron chi connectivity index (χ1n) is 5.36. The van der Waals surface area contributed by atoms with Gasteiger partial charge in [-0.15, -0.1) is 0 Å².